The molecule has 0 fully saturated rings. The Balaban J connectivity index is 1.65. The van der Waals surface area contributed by atoms with Crippen LogP contribution in [0.3, 0.4) is 0 Å². The summed E-state index contributed by atoms with van der Waals surface area (Å²) in [7, 11) is 0. The van der Waals surface area contributed by atoms with Gasteiger partial charge in [0.05, 0.1) is 0 Å². The first-order valence-corrected chi connectivity index (χ1v) is 8.33. The fraction of sp³-hybridized carbons (Fsp3) is 0.0455. The van der Waals surface area contributed by atoms with Crippen LogP contribution in [0.15, 0.2) is 78.9 Å². The number of carbonyl (C=O) groups excluding carboxylic acids is 1. The molecular weight excluding hydrogens is 326 g/mol. The predicted octanol–water partition coefficient (Wildman–Crippen LogP) is 4.59. The molecule has 0 atom stereocenters. The Labute approximate surface area is 151 Å². The molecule has 4 rings (SSSR count). The van der Waals surface area contributed by atoms with E-state index in [4.69, 9.17) is 9.47 Å². The summed E-state index contributed by atoms with van der Waals surface area (Å²) < 4.78 is 10.7. The van der Waals surface area contributed by atoms with E-state index in [2.05, 4.69) is 5.32 Å². The summed E-state index contributed by atoms with van der Waals surface area (Å²) in [5.41, 5.74) is 3.07. The minimum absolute atomic E-state index is 0.182. The maximum atomic E-state index is 13.0. The van der Waals surface area contributed by atoms with Crippen LogP contribution in [0.5, 0.6) is 11.5 Å². The van der Waals surface area contributed by atoms with Crippen LogP contribution in [0.25, 0.3) is 11.6 Å². The molecule has 0 aromatic heterocycles. The fourth-order valence-corrected chi connectivity index (χ4v) is 2.79. The van der Waals surface area contributed by atoms with Gasteiger partial charge < -0.3 is 14.8 Å². The van der Waals surface area contributed by atoms with Gasteiger partial charge in [0.15, 0.2) is 11.5 Å². The molecule has 1 heterocycles. The lowest BCUT2D eigenvalue weighted by atomic mass is 10.0. The molecule has 3 aromatic carbocycles. The van der Waals surface area contributed by atoms with E-state index in [-0.39, 0.29) is 12.7 Å². The van der Waals surface area contributed by atoms with Gasteiger partial charge in [0.25, 0.3) is 5.91 Å². The highest BCUT2D eigenvalue weighted by atomic mass is 16.7. The second-order valence-electron chi connectivity index (χ2n) is 5.86. The number of carbonyl (C=O) groups is 1. The zero-order chi connectivity index (χ0) is 17.8. The van der Waals surface area contributed by atoms with Crippen LogP contribution in [0.1, 0.15) is 11.1 Å². The van der Waals surface area contributed by atoms with E-state index >= 15 is 0 Å². The van der Waals surface area contributed by atoms with Crippen molar-refractivity contribution >= 4 is 23.2 Å². The van der Waals surface area contributed by atoms with Crippen molar-refractivity contribution in [1.82, 2.24) is 0 Å². The lowest BCUT2D eigenvalue weighted by Gasteiger charge is -2.10. The molecule has 1 aliphatic rings. The first-order valence-electron chi connectivity index (χ1n) is 8.33. The summed E-state index contributed by atoms with van der Waals surface area (Å²) >= 11 is 0. The van der Waals surface area contributed by atoms with E-state index in [0.717, 1.165) is 11.1 Å². The van der Waals surface area contributed by atoms with Gasteiger partial charge in [-0.2, -0.15) is 0 Å². The van der Waals surface area contributed by atoms with Crippen molar-refractivity contribution in [2.45, 2.75) is 0 Å². The second kappa shape index (κ2) is 7.15. The summed E-state index contributed by atoms with van der Waals surface area (Å²) in [6, 6.07) is 24.8. The van der Waals surface area contributed by atoms with Gasteiger partial charge >= 0.3 is 0 Å². The van der Waals surface area contributed by atoms with Gasteiger partial charge in [0.2, 0.25) is 6.79 Å². The van der Waals surface area contributed by atoms with Gasteiger partial charge in [-0.25, -0.2) is 0 Å². The summed E-state index contributed by atoms with van der Waals surface area (Å²) in [5.74, 6) is 1.14. The zero-order valence-corrected chi connectivity index (χ0v) is 14.0. The summed E-state index contributed by atoms with van der Waals surface area (Å²) in [4.78, 5) is 13.0. The lowest BCUT2D eigenvalue weighted by Crippen LogP contribution is -2.13. The normalized spacial score (nSPS) is 12.7. The molecule has 0 aliphatic carbocycles. The minimum Gasteiger partial charge on any atom is -0.454 e. The van der Waals surface area contributed by atoms with E-state index in [1.807, 2.05) is 66.7 Å². The third kappa shape index (κ3) is 3.44. The number of fused-ring (bicyclic) bond motifs is 1. The molecule has 0 saturated heterocycles. The van der Waals surface area contributed by atoms with Crippen molar-refractivity contribution in [1.29, 1.82) is 0 Å². The zero-order valence-electron chi connectivity index (χ0n) is 14.0. The number of nitrogens with one attached hydrogen (secondary N) is 1. The van der Waals surface area contributed by atoms with Gasteiger partial charge in [-0.15, -0.1) is 0 Å². The quantitative estimate of drug-likeness (QED) is 0.556. The van der Waals surface area contributed by atoms with Crippen LogP contribution >= 0.6 is 0 Å². The van der Waals surface area contributed by atoms with Gasteiger partial charge in [0, 0.05) is 17.3 Å². The van der Waals surface area contributed by atoms with E-state index in [1.54, 1.807) is 18.2 Å². The standard InChI is InChI=1S/C22H17NO3/c24-22(23-18-11-12-20-21(14-18)26-15-25-20)19(17-9-5-2-6-10-17)13-16-7-3-1-4-8-16/h1-14H,15H2,(H,23,24)/b19-13+. The number of benzene rings is 3. The Bertz CT molecular complexity index is 950. The van der Waals surface area contributed by atoms with E-state index < -0.39 is 0 Å². The number of anilines is 1. The van der Waals surface area contributed by atoms with Crippen LogP contribution < -0.4 is 14.8 Å². The molecule has 0 bridgehead atoms. The smallest absolute Gasteiger partial charge is 0.256 e. The molecule has 0 spiro atoms. The van der Waals surface area contributed by atoms with Gasteiger partial charge in [-0.3, -0.25) is 4.79 Å². The summed E-state index contributed by atoms with van der Waals surface area (Å²) in [6.07, 6.45) is 1.89. The Morgan fingerprint density at radius 1 is 0.846 bits per heavy atom. The number of rotatable bonds is 4. The van der Waals surface area contributed by atoms with E-state index in [0.29, 0.717) is 22.8 Å². The third-order valence-corrected chi connectivity index (χ3v) is 4.07. The Hall–Kier alpha value is -3.53. The highest BCUT2D eigenvalue weighted by Crippen LogP contribution is 2.34. The molecule has 0 saturated carbocycles. The molecule has 4 heteroatoms. The van der Waals surface area contributed by atoms with Crippen LogP contribution in [-0.2, 0) is 4.79 Å². The van der Waals surface area contributed by atoms with Crippen molar-refractivity contribution in [2.75, 3.05) is 12.1 Å². The van der Waals surface area contributed by atoms with Gasteiger partial charge in [-0.05, 0) is 29.3 Å². The van der Waals surface area contributed by atoms with Crippen molar-refractivity contribution in [3.05, 3.63) is 90.0 Å². The maximum Gasteiger partial charge on any atom is 0.256 e. The average Bonchev–Trinajstić information content (AvgIpc) is 3.15. The highest BCUT2D eigenvalue weighted by molar-refractivity contribution is 6.29. The molecule has 26 heavy (non-hydrogen) atoms. The van der Waals surface area contributed by atoms with Crippen LogP contribution in [-0.4, -0.2) is 12.7 Å². The monoisotopic (exact) mass is 343 g/mol. The molecule has 1 amide bonds. The first-order chi connectivity index (χ1) is 12.8. The van der Waals surface area contributed by atoms with Crippen LogP contribution in [0, 0.1) is 0 Å². The Kier molecular flexibility index (Phi) is 4.39. The summed E-state index contributed by atoms with van der Waals surface area (Å²) in [5, 5.41) is 2.95. The molecule has 3 aromatic rings. The van der Waals surface area contributed by atoms with Gasteiger partial charge in [-0.1, -0.05) is 60.7 Å². The minimum atomic E-state index is -0.182. The van der Waals surface area contributed by atoms with Gasteiger partial charge in [0.1, 0.15) is 0 Å². The molecule has 128 valence electrons. The molecule has 0 unspecified atom stereocenters. The first kappa shape index (κ1) is 16.0. The number of hydrogen-bond acceptors (Lipinski definition) is 3. The van der Waals surface area contributed by atoms with Crippen molar-refractivity contribution < 1.29 is 14.3 Å². The second-order valence-corrected chi connectivity index (χ2v) is 5.86. The molecule has 1 N–H and O–H groups in total. The van der Waals surface area contributed by atoms with Crippen molar-refractivity contribution in [3.63, 3.8) is 0 Å². The van der Waals surface area contributed by atoms with E-state index in [1.165, 1.54) is 0 Å². The average molecular weight is 343 g/mol. The molecule has 4 nitrogen and oxygen atoms in total. The van der Waals surface area contributed by atoms with E-state index in [9.17, 15) is 4.79 Å². The van der Waals surface area contributed by atoms with Crippen molar-refractivity contribution in [2.24, 2.45) is 0 Å². The highest BCUT2D eigenvalue weighted by Gasteiger charge is 2.16. The SMILES string of the molecule is O=C(Nc1ccc2c(c1)OCO2)/C(=C/c1ccccc1)c1ccccc1. The molecule has 0 radical (unpaired) electrons. The third-order valence-electron chi connectivity index (χ3n) is 4.07. The fourth-order valence-electron chi connectivity index (χ4n) is 2.79. The molecule has 1 aliphatic heterocycles. The number of ether oxygens (including phenoxy) is 2. The summed E-state index contributed by atoms with van der Waals surface area (Å²) in [6.45, 7) is 0.204. The van der Waals surface area contributed by atoms with Crippen LogP contribution in [0.4, 0.5) is 5.69 Å². The number of amides is 1. The number of hydrogen-bond donors (Lipinski definition) is 1. The maximum absolute atomic E-state index is 13.0. The van der Waals surface area contributed by atoms with Crippen molar-refractivity contribution in [3.8, 4) is 11.5 Å². The lowest BCUT2D eigenvalue weighted by molar-refractivity contribution is -0.111. The predicted molar refractivity (Wildman–Crippen MR) is 102 cm³/mol. The Morgan fingerprint density at radius 3 is 2.31 bits per heavy atom. The largest absolute Gasteiger partial charge is 0.454 e. The van der Waals surface area contributed by atoms with Crippen LogP contribution in [0.2, 0.25) is 0 Å². The topological polar surface area (TPSA) is 47.6 Å². The Morgan fingerprint density at radius 2 is 1.54 bits per heavy atom. The molecular formula is C22H17NO3.